The lowest BCUT2D eigenvalue weighted by Gasteiger charge is -2.25. The van der Waals surface area contributed by atoms with Gasteiger partial charge in [-0.1, -0.05) is 43.0 Å². The lowest BCUT2D eigenvalue weighted by Crippen LogP contribution is -2.38. The minimum Gasteiger partial charge on any atom is -0.485 e. The van der Waals surface area contributed by atoms with Gasteiger partial charge in [0.15, 0.2) is 5.60 Å². The van der Waals surface area contributed by atoms with Gasteiger partial charge in [-0.05, 0) is 82.5 Å². The molecule has 1 atom stereocenters. The Morgan fingerprint density at radius 2 is 1.71 bits per heavy atom. The summed E-state index contributed by atoms with van der Waals surface area (Å²) in [6.45, 7) is 14.7. The van der Waals surface area contributed by atoms with E-state index in [2.05, 4.69) is 6.58 Å². The summed E-state index contributed by atoms with van der Waals surface area (Å²) >= 11 is 1.38. The van der Waals surface area contributed by atoms with Crippen molar-refractivity contribution >= 4 is 22.6 Å². The molecule has 0 aliphatic heterocycles. The normalized spacial score (nSPS) is 12.6. The number of halogens is 3. The average Bonchev–Trinajstić information content (AvgIpc) is 2.76. The number of thioether (sulfide) groups is 1. The maximum atomic E-state index is 12.9. The van der Waals surface area contributed by atoms with Crippen molar-refractivity contribution in [3.63, 3.8) is 0 Å². The van der Waals surface area contributed by atoms with E-state index in [-0.39, 0.29) is 6.10 Å². The van der Waals surface area contributed by atoms with Gasteiger partial charge in [0.1, 0.15) is 17.6 Å². The molecule has 190 valence electrons. The Labute approximate surface area is 208 Å². The van der Waals surface area contributed by atoms with Crippen LogP contribution >= 0.6 is 11.8 Å². The molecular weight excluding hydrogens is 477 g/mol. The molecule has 35 heavy (non-hydrogen) atoms. The summed E-state index contributed by atoms with van der Waals surface area (Å²) in [5.74, 6) is -0.0265. The van der Waals surface area contributed by atoms with E-state index in [9.17, 15) is 23.1 Å². The Bertz CT molecular complexity index is 1100. The topological polar surface area (TPSA) is 55.8 Å². The Balaban J connectivity index is 2.20. The van der Waals surface area contributed by atoms with Gasteiger partial charge >= 0.3 is 12.1 Å². The molecule has 0 heterocycles. The first-order valence-electron chi connectivity index (χ1n) is 11.1. The first-order valence-corrected chi connectivity index (χ1v) is 11.9. The molecule has 1 N–H and O–H groups in total. The molecule has 0 aliphatic rings. The van der Waals surface area contributed by atoms with Crippen molar-refractivity contribution in [3.05, 3.63) is 76.2 Å². The third-order valence-corrected chi connectivity index (χ3v) is 6.60. The lowest BCUT2D eigenvalue weighted by atomic mass is 10.1. The molecule has 8 heteroatoms. The fourth-order valence-electron chi connectivity index (χ4n) is 3.14. The second-order valence-corrected chi connectivity index (χ2v) is 9.96. The minimum atomic E-state index is -4.39. The van der Waals surface area contributed by atoms with Crippen molar-refractivity contribution in [2.45, 2.75) is 65.8 Å². The maximum absolute atomic E-state index is 12.9. The third-order valence-electron chi connectivity index (χ3n) is 5.23. The summed E-state index contributed by atoms with van der Waals surface area (Å²) in [6.07, 6.45) is -4.05. The van der Waals surface area contributed by atoms with Gasteiger partial charge in [-0.15, -0.1) is 0 Å². The van der Waals surface area contributed by atoms with Crippen LogP contribution < -0.4 is 9.47 Å². The number of aryl methyl sites for hydroxylation is 1. The molecule has 2 rings (SSSR count). The quantitative estimate of drug-likeness (QED) is 0.351. The number of hydrogen-bond donors (Lipinski definition) is 1. The smallest absolute Gasteiger partial charge is 0.416 e. The Kier molecular flexibility index (Phi) is 9.11. The van der Waals surface area contributed by atoms with Crippen LogP contribution in [0, 0.1) is 6.92 Å². The van der Waals surface area contributed by atoms with E-state index in [0.717, 1.165) is 28.2 Å². The monoisotopic (exact) mass is 508 g/mol. The predicted molar refractivity (Wildman–Crippen MR) is 135 cm³/mol. The van der Waals surface area contributed by atoms with Crippen LogP contribution in [0.4, 0.5) is 13.2 Å². The lowest BCUT2D eigenvalue weighted by molar-refractivity contribution is -0.152. The van der Waals surface area contributed by atoms with Crippen LogP contribution in [0.5, 0.6) is 11.5 Å². The Morgan fingerprint density at radius 1 is 1.11 bits per heavy atom. The highest BCUT2D eigenvalue weighted by Gasteiger charge is 2.31. The Hall–Kier alpha value is -2.87. The molecule has 0 amide bonds. The van der Waals surface area contributed by atoms with Crippen molar-refractivity contribution in [1.29, 1.82) is 0 Å². The van der Waals surface area contributed by atoms with E-state index in [1.54, 1.807) is 18.2 Å². The molecule has 2 aromatic rings. The second kappa shape index (κ2) is 11.2. The number of benzene rings is 2. The van der Waals surface area contributed by atoms with E-state index in [1.165, 1.54) is 37.7 Å². The summed E-state index contributed by atoms with van der Waals surface area (Å²) in [5.41, 5.74) is 0.270. The van der Waals surface area contributed by atoms with Crippen molar-refractivity contribution in [3.8, 4) is 11.5 Å². The zero-order valence-electron chi connectivity index (χ0n) is 20.7. The van der Waals surface area contributed by atoms with Gasteiger partial charge in [0.2, 0.25) is 0 Å². The number of hydrogen-bond acceptors (Lipinski definition) is 4. The maximum Gasteiger partial charge on any atom is 0.416 e. The average molecular weight is 509 g/mol. The predicted octanol–water partition coefficient (Wildman–Crippen LogP) is 8.11. The molecule has 0 aliphatic carbocycles. The number of aliphatic carboxylic acids is 1. The summed E-state index contributed by atoms with van der Waals surface area (Å²) in [6, 6.07) is 10.1. The van der Waals surface area contributed by atoms with Crippen LogP contribution in [0.25, 0.3) is 4.91 Å². The number of ether oxygens (including phenoxy) is 2. The summed E-state index contributed by atoms with van der Waals surface area (Å²) < 4.78 is 50.5. The van der Waals surface area contributed by atoms with E-state index >= 15 is 0 Å². The van der Waals surface area contributed by atoms with E-state index in [1.807, 2.05) is 27.7 Å². The van der Waals surface area contributed by atoms with E-state index in [4.69, 9.17) is 9.47 Å². The standard InChI is InChI=1S/C27H31F3O4S/c1-8-22(33-21-13-14-23(17(4)15-21)34-26(6,7)25(31)32)24(16(2)3)35-18(5)19-9-11-20(12-10-19)27(28,29)30/h9-15,22H,5,8H2,1-4,6-7H3,(H,31,32). The van der Waals surface area contributed by atoms with Crippen LogP contribution in [-0.4, -0.2) is 22.8 Å². The van der Waals surface area contributed by atoms with Crippen LogP contribution in [0.2, 0.25) is 0 Å². The van der Waals surface area contributed by atoms with Gasteiger partial charge in [-0.25, -0.2) is 4.79 Å². The van der Waals surface area contributed by atoms with Crippen LogP contribution in [0.3, 0.4) is 0 Å². The van der Waals surface area contributed by atoms with E-state index < -0.39 is 23.3 Å². The van der Waals surface area contributed by atoms with Crippen molar-refractivity contribution in [2.75, 3.05) is 0 Å². The summed E-state index contributed by atoms with van der Waals surface area (Å²) in [5, 5.41) is 9.30. The fourth-order valence-corrected chi connectivity index (χ4v) is 4.21. The summed E-state index contributed by atoms with van der Waals surface area (Å²) in [7, 11) is 0. The fraction of sp³-hybridized carbons (Fsp3) is 0.370. The highest BCUT2D eigenvalue weighted by molar-refractivity contribution is 8.11. The number of alkyl halides is 3. The molecule has 0 aromatic heterocycles. The first kappa shape index (κ1) is 28.4. The molecule has 0 spiro atoms. The van der Waals surface area contributed by atoms with Crippen LogP contribution in [0.1, 0.15) is 57.7 Å². The zero-order chi connectivity index (χ0) is 26.6. The van der Waals surface area contributed by atoms with Crippen LogP contribution in [0.15, 0.2) is 59.5 Å². The highest BCUT2D eigenvalue weighted by Crippen LogP contribution is 2.39. The van der Waals surface area contributed by atoms with Gasteiger partial charge in [0.05, 0.1) is 5.56 Å². The highest BCUT2D eigenvalue weighted by atomic mass is 32.2. The summed E-state index contributed by atoms with van der Waals surface area (Å²) in [4.78, 5) is 12.9. The van der Waals surface area contributed by atoms with Gasteiger partial charge in [0.25, 0.3) is 0 Å². The molecule has 4 nitrogen and oxygen atoms in total. The molecule has 0 fully saturated rings. The third kappa shape index (κ3) is 7.56. The SMILES string of the molecule is C=C(SC(=C(C)C)C(CC)Oc1ccc(OC(C)(C)C(=O)O)c(C)c1)c1ccc(C(F)(F)F)cc1. The molecule has 0 bridgehead atoms. The largest absolute Gasteiger partial charge is 0.485 e. The van der Waals surface area contributed by atoms with Gasteiger partial charge in [-0.3, -0.25) is 0 Å². The zero-order valence-corrected chi connectivity index (χ0v) is 21.6. The van der Waals surface area contributed by atoms with Crippen molar-refractivity contribution in [2.24, 2.45) is 0 Å². The molecular formula is C27H31F3O4S. The van der Waals surface area contributed by atoms with Crippen molar-refractivity contribution in [1.82, 2.24) is 0 Å². The van der Waals surface area contributed by atoms with Gasteiger partial charge in [0, 0.05) is 9.81 Å². The number of rotatable bonds is 10. The van der Waals surface area contributed by atoms with Gasteiger partial charge < -0.3 is 14.6 Å². The molecule has 2 aromatic carbocycles. The van der Waals surface area contributed by atoms with Crippen molar-refractivity contribution < 1.29 is 32.5 Å². The number of carboxylic acids is 1. The molecule has 1 unspecified atom stereocenters. The number of allylic oxidation sites excluding steroid dienone is 1. The number of carboxylic acid groups (broad SMARTS) is 1. The van der Waals surface area contributed by atoms with Crippen LogP contribution in [-0.2, 0) is 11.0 Å². The van der Waals surface area contributed by atoms with Gasteiger partial charge in [-0.2, -0.15) is 13.2 Å². The molecule has 0 saturated heterocycles. The first-order chi connectivity index (χ1) is 16.2. The number of carbonyl (C=O) groups is 1. The molecule has 0 radical (unpaired) electrons. The van der Waals surface area contributed by atoms with E-state index in [0.29, 0.717) is 28.4 Å². The second-order valence-electron chi connectivity index (χ2n) is 8.82. The Morgan fingerprint density at radius 3 is 2.17 bits per heavy atom. The molecule has 0 saturated carbocycles. The minimum absolute atomic E-state index is 0.308.